The van der Waals surface area contributed by atoms with Crippen molar-refractivity contribution in [1.82, 2.24) is 4.90 Å². The minimum Gasteiger partial charge on any atom is -0.469 e. The summed E-state index contributed by atoms with van der Waals surface area (Å²) in [7, 11) is 1.48. The molecule has 6 rings (SSSR count). The molecule has 5 heteroatoms. The summed E-state index contributed by atoms with van der Waals surface area (Å²) in [4.78, 5) is 15.2. The van der Waals surface area contributed by atoms with Crippen molar-refractivity contribution in [3.05, 3.63) is 23.3 Å². The number of rotatable bonds is 2. The molecule has 0 aromatic heterocycles. The summed E-state index contributed by atoms with van der Waals surface area (Å²) < 4.78 is 5.23. The van der Waals surface area contributed by atoms with Crippen LogP contribution in [0, 0.1) is 40.4 Å². The van der Waals surface area contributed by atoms with Gasteiger partial charge in [-0.1, -0.05) is 30.2 Å². The Balaban J connectivity index is 1.68. The van der Waals surface area contributed by atoms with Crippen LogP contribution < -0.4 is 0 Å². The van der Waals surface area contributed by atoms with Gasteiger partial charge in [-0.2, -0.15) is 0 Å². The molecular formula is C23H31NO4. The zero-order chi connectivity index (χ0) is 19.5. The van der Waals surface area contributed by atoms with E-state index in [0.717, 1.165) is 38.8 Å². The molecule has 6 aliphatic rings. The molecule has 0 radical (unpaired) electrons. The van der Waals surface area contributed by atoms with Gasteiger partial charge in [-0.15, -0.1) is 0 Å². The summed E-state index contributed by atoms with van der Waals surface area (Å²) in [6.45, 7) is 4.02. The maximum absolute atomic E-state index is 12.8. The quantitative estimate of drug-likeness (QED) is 0.563. The number of hydrogen-bond donors (Lipinski definition) is 2. The summed E-state index contributed by atoms with van der Waals surface area (Å²) in [5, 5.41) is 23.5. The number of esters is 1. The number of ether oxygens (including phenoxy) is 1. The van der Waals surface area contributed by atoms with Crippen LogP contribution in [-0.2, 0) is 9.53 Å². The van der Waals surface area contributed by atoms with Gasteiger partial charge in [0.25, 0.3) is 0 Å². The maximum Gasteiger partial charge on any atom is 0.309 e. The normalized spacial score (nSPS) is 53.4. The van der Waals surface area contributed by atoms with Crippen LogP contribution in [0.25, 0.3) is 0 Å². The van der Waals surface area contributed by atoms with Crippen LogP contribution in [0.5, 0.6) is 0 Å². The molecule has 2 heterocycles. The number of carbonyl (C=O) groups excluding carboxylic acids is 1. The monoisotopic (exact) mass is 385 g/mol. The smallest absolute Gasteiger partial charge is 0.309 e. The lowest BCUT2D eigenvalue weighted by atomic mass is 9.44. The fourth-order valence-electron chi connectivity index (χ4n) is 8.91. The number of hydrogen-bond acceptors (Lipinski definition) is 5. The fraction of sp³-hybridized carbons (Fsp3) is 0.783. The van der Waals surface area contributed by atoms with Crippen LogP contribution in [0.2, 0.25) is 0 Å². The van der Waals surface area contributed by atoms with Gasteiger partial charge < -0.3 is 14.9 Å². The number of allylic oxidation sites excluding steroid dienone is 1. The molecule has 4 bridgehead atoms. The lowest BCUT2D eigenvalue weighted by Gasteiger charge is -2.67. The molecule has 0 aromatic rings. The summed E-state index contributed by atoms with van der Waals surface area (Å²) in [6.07, 6.45) is 9.22. The van der Waals surface area contributed by atoms with Gasteiger partial charge in [-0.3, -0.25) is 9.69 Å². The van der Waals surface area contributed by atoms with Crippen molar-refractivity contribution in [3.63, 3.8) is 0 Å². The summed E-state index contributed by atoms with van der Waals surface area (Å²) in [5.41, 5.74) is 0.779. The van der Waals surface area contributed by atoms with E-state index in [-0.39, 0.29) is 30.3 Å². The first kappa shape index (κ1) is 17.7. The van der Waals surface area contributed by atoms with Gasteiger partial charge >= 0.3 is 5.97 Å². The van der Waals surface area contributed by atoms with Crippen LogP contribution in [0.4, 0.5) is 0 Å². The molecule has 5 nitrogen and oxygen atoms in total. The van der Waals surface area contributed by atoms with Gasteiger partial charge in [0.2, 0.25) is 0 Å². The van der Waals surface area contributed by atoms with E-state index in [0.29, 0.717) is 18.3 Å². The number of aliphatic hydroxyl groups is 2. The standard InChI is InChI=1S/C23H31NO4/c1-13-10-24-11-15-5-3-14-4-6-16-17(20(26)28-2)9-22(19(14)16)21(15,12-25)8-7-18(13)23(22,24)27/h7-8,13,15-18,25,27H,3-6,9-12H2,1-2H3/t13-,15-,16-,17-,18-,21+,22-,23-/m1/s1. The third kappa shape index (κ3) is 1.57. The molecule has 0 amide bonds. The van der Waals surface area contributed by atoms with Crippen LogP contribution in [0.15, 0.2) is 23.3 Å². The van der Waals surface area contributed by atoms with Crippen molar-refractivity contribution in [2.24, 2.45) is 40.4 Å². The van der Waals surface area contributed by atoms with Crippen LogP contribution in [0.3, 0.4) is 0 Å². The SMILES string of the molecule is COC(=O)[C@@H]1C[C@@]23C4=C(CC[C@@H]5CN6C[C@@H](C)[C@@H](C=C[C@]52CO)[C@]63O)CC[C@@H]41. The van der Waals surface area contributed by atoms with E-state index < -0.39 is 16.6 Å². The van der Waals surface area contributed by atoms with Gasteiger partial charge in [0.05, 0.1) is 19.6 Å². The lowest BCUT2D eigenvalue weighted by Crippen LogP contribution is -2.74. The number of aliphatic hydroxyl groups excluding tert-OH is 1. The molecule has 3 fully saturated rings. The molecule has 0 aromatic carbocycles. The van der Waals surface area contributed by atoms with E-state index in [1.807, 2.05) is 0 Å². The predicted octanol–water partition coefficient (Wildman–Crippen LogP) is 2.10. The maximum atomic E-state index is 12.8. The molecule has 152 valence electrons. The van der Waals surface area contributed by atoms with Crippen molar-refractivity contribution in [3.8, 4) is 0 Å². The minimum absolute atomic E-state index is 0.0445. The van der Waals surface area contributed by atoms with E-state index in [1.54, 1.807) is 0 Å². The second-order valence-corrected chi connectivity index (χ2v) is 10.3. The Morgan fingerprint density at radius 3 is 2.86 bits per heavy atom. The highest BCUT2D eigenvalue weighted by atomic mass is 16.5. The molecule has 2 aliphatic heterocycles. The first-order valence-electron chi connectivity index (χ1n) is 11.0. The first-order chi connectivity index (χ1) is 13.4. The second kappa shape index (κ2) is 5.30. The van der Waals surface area contributed by atoms with Crippen LogP contribution in [0.1, 0.15) is 39.0 Å². The Labute approximate surface area is 166 Å². The van der Waals surface area contributed by atoms with E-state index in [2.05, 4.69) is 24.0 Å². The summed E-state index contributed by atoms with van der Waals surface area (Å²) in [6, 6.07) is 0. The fourth-order valence-corrected chi connectivity index (χ4v) is 8.91. The highest BCUT2D eigenvalue weighted by molar-refractivity contribution is 5.75. The molecule has 1 saturated carbocycles. The van der Waals surface area contributed by atoms with E-state index in [9.17, 15) is 15.0 Å². The predicted molar refractivity (Wildman–Crippen MR) is 103 cm³/mol. The van der Waals surface area contributed by atoms with E-state index >= 15 is 0 Å². The Kier molecular flexibility index (Phi) is 3.34. The lowest BCUT2D eigenvalue weighted by molar-refractivity contribution is -0.270. The van der Waals surface area contributed by atoms with Crippen molar-refractivity contribution < 1.29 is 19.7 Å². The number of piperidine rings is 1. The Bertz CT molecular complexity index is 819. The van der Waals surface area contributed by atoms with Gasteiger partial charge in [-0.05, 0) is 49.9 Å². The van der Waals surface area contributed by atoms with Crippen molar-refractivity contribution >= 4 is 5.97 Å². The minimum atomic E-state index is -1.00. The highest BCUT2D eigenvalue weighted by Gasteiger charge is 2.80. The van der Waals surface area contributed by atoms with Gasteiger partial charge in [0.1, 0.15) is 5.72 Å². The van der Waals surface area contributed by atoms with Gasteiger partial charge in [-0.25, -0.2) is 0 Å². The zero-order valence-electron chi connectivity index (χ0n) is 16.9. The molecule has 4 aliphatic carbocycles. The molecule has 8 atom stereocenters. The van der Waals surface area contributed by atoms with Crippen molar-refractivity contribution in [2.75, 3.05) is 26.8 Å². The molecule has 2 saturated heterocycles. The number of nitrogens with zero attached hydrogens (tertiary/aromatic N) is 1. The average Bonchev–Trinajstić information content (AvgIpc) is 3.31. The molecule has 2 N–H and O–H groups in total. The third-order valence-electron chi connectivity index (χ3n) is 9.80. The zero-order valence-corrected chi connectivity index (χ0v) is 16.9. The number of carbonyl (C=O) groups is 1. The van der Waals surface area contributed by atoms with E-state index in [4.69, 9.17) is 4.74 Å². The third-order valence-corrected chi connectivity index (χ3v) is 9.80. The Morgan fingerprint density at radius 2 is 2.11 bits per heavy atom. The molecule has 1 spiro atoms. The average molecular weight is 386 g/mol. The summed E-state index contributed by atoms with van der Waals surface area (Å²) in [5.74, 6) is 0.556. The van der Waals surface area contributed by atoms with Crippen LogP contribution >= 0.6 is 0 Å². The Hall–Kier alpha value is -1.17. The molecular weight excluding hydrogens is 354 g/mol. The Morgan fingerprint density at radius 1 is 1.32 bits per heavy atom. The topological polar surface area (TPSA) is 70.0 Å². The van der Waals surface area contributed by atoms with Crippen molar-refractivity contribution in [2.45, 2.75) is 44.8 Å². The summed E-state index contributed by atoms with van der Waals surface area (Å²) >= 11 is 0. The first-order valence-corrected chi connectivity index (χ1v) is 11.0. The second-order valence-electron chi connectivity index (χ2n) is 10.3. The van der Waals surface area contributed by atoms with Crippen molar-refractivity contribution in [1.29, 1.82) is 0 Å². The largest absolute Gasteiger partial charge is 0.469 e. The van der Waals surface area contributed by atoms with Gasteiger partial charge in [0.15, 0.2) is 0 Å². The van der Waals surface area contributed by atoms with Crippen LogP contribution in [-0.4, -0.2) is 53.6 Å². The highest BCUT2D eigenvalue weighted by Crippen LogP contribution is 2.78. The van der Waals surface area contributed by atoms with E-state index in [1.165, 1.54) is 18.3 Å². The molecule has 28 heavy (non-hydrogen) atoms. The van der Waals surface area contributed by atoms with Gasteiger partial charge in [0, 0.05) is 29.8 Å². The number of methoxy groups -OCH3 is 1. The molecule has 0 unspecified atom stereocenters.